The van der Waals surface area contributed by atoms with Crippen molar-refractivity contribution < 1.29 is 19.0 Å². The van der Waals surface area contributed by atoms with Crippen LogP contribution >= 0.6 is 11.6 Å². The first kappa shape index (κ1) is 14.6. The molecule has 2 aromatic carbocycles. The molecular weight excluding hydrogens is 283 g/mol. The van der Waals surface area contributed by atoms with Crippen LogP contribution in [0.1, 0.15) is 11.1 Å². The summed E-state index contributed by atoms with van der Waals surface area (Å²) in [6.45, 7) is 0.0375. The highest BCUT2D eigenvalue weighted by molar-refractivity contribution is 6.31. The number of ether oxygens (including phenoxy) is 2. The molecule has 0 saturated heterocycles. The van der Waals surface area contributed by atoms with Crippen molar-refractivity contribution in [1.82, 2.24) is 0 Å². The third-order valence-electron chi connectivity index (χ3n) is 2.84. The van der Waals surface area contributed by atoms with E-state index in [0.29, 0.717) is 27.6 Å². The molecule has 0 fully saturated rings. The minimum Gasteiger partial charge on any atom is -0.497 e. The largest absolute Gasteiger partial charge is 0.497 e. The Morgan fingerprint density at radius 3 is 2.55 bits per heavy atom. The van der Waals surface area contributed by atoms with E-state index in [-0.39, 0.29) is 13.2 Å². The van der Waals surface area contributed by atoms with Gasteiger partial charge in [-0.05, 0) is 24.3 Å². The third kappa shape index (κ3) is 3.40. The zero-order valence-corrected chi connectivity index (χ0v) is 11.7. The molecule has 0 heterocycles. The van der Waals surface area contributed by atoms with E-state index in [1.165, 1.54) is 12.1 Å². The molecule has 2 aromatic rings. The average Bonchev–Trinajstić information content (AvgIpc) is 2.46. The highest BCUT2D eigenvalue weighted by Gasteiger charge is 2.08. The normalized spacial score (nSPS) is 10.4. The van der Waals surface area contributed by atoms with Crippen LogP contribution in [0.2, 0.25) is 5.02 Å². The van der Waals surface area contributed by atoms with E-state index >= 15 is 0 Å². The van der Waals surface area contributed by atoms with Crippen molar-refractivity contribution in [2.24, 2.45) is 0 Å². The molecule has 0 amide bonds. The van der Waals surface area contributed by atoms with Gasteiger partial charge in [0.2, 0.25) is 0 Å². The van der Waals surface area contributed by atoms with E-state index in [2.05, 4.69) is 0 Å². The topological polar surface area (TPSA) is 38.7 Å². The molecule has 2 rings (SSSR count). The Balaban J connectivity index is 2.17. The summed E-state index contributed by atoms with van der Waals surface area (Å²) in [6, 6.07) is 9.27. The summed E-state index contributed by atoms with van der Waals surface area (Å²) in [5, 5.41) is 9.58. The number of benzene rings is 2. The van der Waals surface area contributed by atoms with Crippen LogP contribution in [0.25, 0.3) is 0 Å². The summed E-state index contributed by atoms with van der Waals surface area (Å²) >= 11 is 5.93. The molecular formula is C15H14ClFO3. The number of aliphatic hydroxyl groups excluding tert-OH is 1. The number of halogens is 2. The highest BCUT2D eigenvalue weighted by atomic mass is 35.5. The maximum absolute atomic E-state index is 13.0. The lowest BCUT2D eigenvalue weighted by Crippen LogP contribution is -2.00. The molecule has 3 nitrogen and oxygen atoms in total. The number of methoxy groups -OCH3 is 1. The predicted octanol–water partition coefficient (Wildman–Crippen LogP) is 3.56. The molecule has 0 aliphatic rings. The van der Waals surface area contributed by atoms with Gasteiger partial charge < -0.3 is 14.6 Å². The predicted molar refractivity (Wildman–Crippen MR) is 74.7 cm³/mol. The number of hydrogen-bond donors (Lipinski definition) is 1. The summed E-state index contributed by atoms with van der Waals surface area (Å²) in [5.74, 6) is 0.742. The lowest BCUT2D eigenvalue weighted by molar-refractivity contribution is 0.258. The lowest BCUT2D eigenvalue weighted by atomic mass is 10.2. The van der Waals surface area contributed by atoms with Gasteiger partial charge in [-0.25, -0.2) is 4.39 Å². The molecule has 5 heteroatoms. The Morgan fingerprint density at radius 1 is 1.15 bits per heavy atom. The molecule has 20 heavy (non-hydrogen) atoms. The van der Waals surface area contributed by atoms with E-state index in [4.69, 9.17) is 21.1 Å². The van der Waals surface area contributed by atoms with Gasteiger partial charge in [-0.15, -0.1) is 0 Å². The summed E-state index contributed by atoms with van der Waals surface area (Å²) in [7, 11) is 1.55. The summed E-state index contributed by atoms with van der Waals surface area (Å²) in [4.78, 5) is 0. The summed E-state index contributed by atoms with van der Waals surface area (Å²) in [5.41, 5.74) is 1.31. The fourth-order valence-corrected chi connectivity index (χ4v) is 1.94. The minimum absolute atomic E-state index is 0.142. The molecule has 0 unspecified atom stereocenters. The van der Waals surface area contributed by atoms with E-state index in [1.807, 2.05) is 0 Å². The van der Waals surface area contributed by atoms with Gasteiger partial charge in [-0.3, -0.25) is 0 Å². The molecule has 1 N–H and O–H groups in total. The van der Waals surface area contributed by atoms with Crippen molar-refractivity contribution in [3.05, 3.63) is 58.4 Å². The number of rotatable bonds is 5. The van der Waals surface area contributed by atoms with Crippen LogP contribution in [0.4, 0.5) is 4.39 Å². The second-order valence-corrected chi connectivity index (χ2v) is 4.56. The second-order valence-electron chi connectivity index (χ2n) is 4.16. The van der Waals surface area contributed by atoms with Gasteiger partial charge >= 0.3 is 0 Å². The van der Waals surface area contributed by atoms with Crippen LogP contribution in [0.3, 0.4) is 0 Å². The zero-order valence-electron chi connectivity index (χ0n) is 10.9. The Hall–Kier alpha value is -1.78. The van der Waals surface area contributed by atoms with Crippen LogP contribution in [0.15, 0.2) is 36.4 Å². The summed E-state index contributed by atoms with van der Waals surface area (Å²) in [6.07, 6.45) is 0. The molecule has 0 atom stereocenters. The van der Waals surface area contributed by atoms with E-state index in [1.54, 1.807) is 31.4 Å². The SMILES string of the molecule is COc1ccc(CO)c(OCc2ccc(F)cc2Cl)c1. The standard InChI is InChI=1S/C15H14ClFO3/c1-19-13-5-3-10(8-18)15(7-13)20-9-11-2-4-12(17)6-14(11)16/h2-7,18H,8-9H2,1H3. The van der Waals surface area contributed by atoms with E-state index < -0.39 is 5.82 Å². The van der Waals surface area contributed by atoms with Gasteiger partial charge in [0.1, 0.15) is 23.9 Å². The van der Waals surface area contributed by atoms with Crippen molar-refractivity contribution in [1.29, 1.82) is 0 Å². The fraction of sp³-hybridized carbons (Fsp3) is 0.200. The Labute approximate surface area is 121 Å². The first-order chi connectivity index (χ1) is 9.63. The van der Waals surface area contributed by atoms with Crippen LogP contribution in [-0.4, -0.2) is 12.2 Å². The Kier molecular flexibility index (Phi) is 4.82. The molecule has 0 aromatic heterocycles. The van der Waals surface area contributed by atoms with Crippen molar-refractivity contribution in [2.45, 2.75) is 13.2 Å². The van der Waals surface area contributed by atoms with Crippen LogP contribution in [0, 0.1) is 5.82 Å². The molecule has 0 aliphatic heterocycles. The van der Waals surface area contributed by atoms with Gasteiger partial charge in [-0.2, -0.15) is 0 Å². The average molecular weight is 297 g/mol. The van der Waals surface area contributed by atoms with Gasteiger partial charge in [0.15, 0.2) is 0 Å². The Morgan fingerprint density at radius 2 is 1.90 bits per heavy atom. The van der Waals surface area contributed by atoms with Gasteiger partial charge in [0.25, 0.3) is 0 Å². The molecule has 0 radical (unpaired) electrons. The molecule has 0 saturated carbocycles. The molecule has 0 aliphatic carbocycles. The van der Waals surface area contributed by atoms with Crippen molar-refractivity contribution in [3.8, 4) is 11.5 Å². The lowest BCUT2D eigenvalue weighted by Gasteiger charge is -2.12. The molecule has 0 spiro atoms. The first-order valence-electron chi connectivity index (χ1n) is 5.98. The fourth-order valence-electron chi connectivity index (χ4n) is 1.72. The third-order valence-corrected chi connectivity index (χ3v) is 3.19. The van der Waals surface area contributed by atoms with Crippen molar-refractivity contribution in [2.75, 3.05) is 7.11 Å². The maximum atomic E-state index is 13.0. The monoisotopic (exact) mass is 296 g/mol. The maximum Gasteiger partial charge on any atom is 0.129 e. The van der Waals surface area contributed by atoms with E-state index in [9.17, 15) is 9.50 Å². The molecule has 0 bridgehead atoms. The van der Waals surface area contributed by atoms with Crippen LogP contribution in [-0.2, 0) is 13.2 Å². The smallest absolute Gasteiger partial charge is 0.129 e. The van der Waals surface area contributed by atoms with E-state index in [0.717, 1.165) is 0 Å². The molecule has 106 valence electrons. The zero-order chi connectivity index (χ0) is 14.5. The highest BCUT2D eigenvalue weighted by Crippen LogP contribution is 2.27. The number of hydrogen-bond acceptors (Lipinski definition) is 3. The summed E-state index contributed by atoms with van der Waals surface area (Å²) < 4.78 is 23.7. The van der Waals surface area contributed by atoms with Crippen LogP contribution in [0.5, 0.6) is 11.5 Å². The second kappa shape index (κ2) is 6.59. The van der Waals surface area contributed by atoms with Gasteiger partial charge in [0.05, 0.1) is 18.7 Å². The van der Waals surface area contributed by atoms with Crippen molar-refractivity contribution >= 4 is 11.6 Å². The van der Waals surface area contributed by atoms with Crippen molar-refractivity contribution in [3.63, 3.8) is 0 Å². The first-order valence-corrected chi connectivity index (χ1v) is 6.36. The van der Waals surface area contributed by atoms with Crippen LogP contribution < -0.4 is 9.47 Å². The quantitative estimate of drug-likeness (QED) is 0.917. The van der Waals surface area contributed by atoms with Gasteiger partial charge in [-0.1, -0.05) is 17.7 Å². The minimum atomic E-state index is -0.392. The number of aliphatic hydroxyl groups is 1. The Bertz CT molecular complexity index is 602. The van der Waals surface area contributed by atoms with Gasteiger partial charge in [0, 0.05) is 17.2 Å².